The summed E-state index contributed by atoms with van der Waals surface area (Å²) < 4.78 is 0. The fourth-order valence-electron chi connectivity index (χ4n) is 1.56. The molecule has 0 aliphatic rings. The van der Waals surface area contributed by atoms with E-state index in [0.717, 1.165) is 13.0 Å². The van der Waals surface area contributed by atoms with Crippen molar-refractivity contribution in [3.05, 3.63) is 35.4 Å². The highest BCUT2D eigenvalue weighted by Crippen LogP contribution is 2.17. The van der Waals surface area contributed by atoms with Gasteiger partial charge in [0.05, 0.1) is 0 Å². The van der Waals surface area contributed by atoms with Gasteiger partial charge in [0.15, 0.2) is 0 Å². The van der Waals surface area contributed by atoms with E-state index in [0.29, 0.717) is 11.8 Å². The van der Waals surface area contributed by atoms with Crippen molar-refractivity contribution in [3.63, 3.8) is 0 Å². The van der Waals surface area contributed by atoms with Crippen molar-refractivity contribution >= 4 is 0 Å². The molecule has 0 aliphatic carbocycles. The third-order valence-electron chi connectivity index (χ3n) is 2.60. The minimum absolute atomic E-state index is 0.581. The van der Waals surface area contributed by atoms with Crippen molar-refractivity contribution < 1.29 is 0 Å². The van der Waals surface area contributed by atoms with Crippen LogP contribution >= 0.6 is 0 Å². The first kappa shape index (κ1) is 11.3. The van der Waals surface area contributed by atoms with Gasteiger partial charge in [-0.1, -0.05) is 45.0 Å². The second-order valence-electron chi connectivity index (χ2n) is 4.44. The highest BCUT2D eigenvalue weighted by atomic mass is 14.5. The number of hydrogen-bond donors (Lipinski definition) is 1. The van der Waals surface area contributed by atoms with E-state index >= 15 is 0 Å². The van der Waals surface area contributed by atoms with Crippen molar-refractivity contribution in [1.82, 2.24) is 0 Å². The molecule has 0 radical (unpaired) electrons. The van der Waals surface area contributed by atoms with Crippen molar-refractivity contribution in [1.29, 1.82) is 0 Å². The molecule has 0 aliphatic heterocycles. The molecule has 14 heavy (non-hydrogen) atoms. The Kier molecular flexibility index (Phi) is 4.15. The lowest BCUT2D eigenvalue weighted by atomic mass is 9.96. The standard InChI is InChI=1S/C13H21N/c1-10(2)13-6-4-5-12(8-13)7-11(3)9-14/h4-6,8,10-11H,7,9,14H2,1-3H3. The van der Waals surface area contributed by atoms with Crippen molar-refractivity contribution in [2.75, 3.05) is 6.54 Å². The van der Waals surface area contributed by atoms with Gasteiger partial charge in [-0.05, 0) is 35.9 Å². The van der Waals surface area contributed by atoms with E-state index < -0.39 is 0 Å². The van der Waals surface area contributed by atoms with Crippen LogP contribution < -0.4 is 5.73 Å². The van der Waals surface area contributed by atoms with Crippen LogP contribution in [0.5, 0.6) is 0 Å². The number of nitrogens with two attached hydrogens (primary N) is 1. The predicted octanol–water partition coefficient (Wildman–Crippen LogP) is 2.95. The van der Waals surface area contributed by atoms with Gasteiger partial charge in [0.1, 0.15) is 0 Å². The first-order chi connectivity index (χ1) is 6.63. The van der Waals surface area contributed by atoms with Gasteiger partial charge >= 0.3 is 0 Å². The summed E-state index contributed by atoms with van der Waals surface area (Å²) in [6, 6.07) is 8.84. The second kappa shape index (κ2) is 5.16. The Morgan fingerprint density at radius 2 is 1.93 bits per heavy atom. The van der Waals surface area contributed by atoms with Crippen LogP contribution in [0.25, 0.3) is 0 Å². The molecule has 0 heterocycles. The average molecular weight is 191 g/mol. The number of hydrogen-bond acceptors (Lipinski definition) is 1. The number of benzene rings is 1. The maximum Gasteiger partial charge on any atom is -0.00483 e. The minimum atomic E-state index is 0.581. The first-order valence-electron chi connectivity index (χ1n) is 5.42. The SMILES string of the molecule is CC(CN)Cc1cccc(C(C)C)c1. The van der Waals surface area contributed by atoms with Crippen molar-refractivity contribution in [3.8, 4) is 0 Å². The molecule has 1 aromatic carbocycles. The third kappa shape index (κ3) is 3.15. The minimum Gasteiger partial charge on any atom is -0.330 e. The quantitative estimate of drug-likeness (QED) is 0.778. The normalized spacial score (nSPS) is 13.2. The monoisotopic (exact) mass is 191 g/mol. The van der Waals surface area contributed by atoms with Gasteiger partial charge in [-0.25, -0.2) is 0 Å². The van der Waals surface area contributed by atoms with E-state index in [2.05, 4.69) is 45.0 Å². The zero-order valence-electron chi connectivity index (χ0n) is 9.46. The highest BCUT2D eigenvalue weighted by molar-refractivity contribution is 5.26. The summed E-state index contributed by atoms with van der Waals surface area (Å²) in [4.78, 5) is 0. The van der Waals surface area contributed by atoms with Gasteiger partial charge < -0.3 is 5.73 Å². The molecular formula is C13H21N. The maximum absolute atomic E-state index is 5.62. The fourth-order valence-corrected chi connectivity index (χ4v) is 1.56. The van der Waals surface area contributed by atoms with E-state index in [1.807, 2.05) is 0 Å². The molecule has 0 aromatic heterocycles. The summed E-state index contributed by atoms with van der Waals surface area (Å²) in [6.45, 7) is 7.42. The summed E-state index contributed by atoms with van der Waals surface area (Å²) >= 11 is 0. The van der Waals surface area contributed by atoms with Crippen LogP contribution in [0.15, 0.2) is 24.3 Å². The van der Waals surface area contributed by atoms with Gasteiger partial charge in [-0.3, -0.25) is 0 Å². The Morgan fingerprint density at radius 3 is 2.50 bits per heavy atom. The van der Waals surface area contributed by atoms with Crippen LogP contribution in [0.2, 0.25) is 0 Å². The molecule has 0 saturated carbocycles. The Morgan fingerprint density at radius 1 is 1.21 bits per heavy atom. The van der Waals surface area contributed by atoms with Crippen LogP contribution in [-0.4, -0.2) is 6.54 Å². The molecular weight excluding hydrogens is 170 g/mol. The van der Waals surface area contributed by atoms with E-state index in [1.54, 1.807) is 0 Å². The Labute approximate surface area is 87.3 Å². The molecule has 0 amide bonds. The molecule has 1 unspecified atom stereocenters. The van der Waals surface area contributed by atoms with Crippen LogP contribution in [0.1, 0.15) is 37.8 Å². The van der Waals surface area contributed by atoms with Gasteiger partial charge in [0.2, 0.25) is 0 Å². The molecule has 0 bridgehead atoms. The van der Waals surface area contributed by atoms with E-state index in [4.69, 9.17) is 5.73 Å². The third-order valence-corrected chi connectivity index (χ3v) is 2.60. The summed E-state index contributed by atoms with van der Waals surface area (Å²) in [5.41, 5.74) is 8.45. The van der Waals surface area contributed by atoms with E-state index in [-0.39, 0.29) is 0 Å². The van der Waals surface area contributed by atoms with Crippen LogP contribution in [-0.2, 0) is 6.42 Å². The van der Waals surface area contributed by atoms with E-state index in [9.17, 15) is 0 Å². The number of rotatable bonds is 4. The van der Waals surface area contributed by atoms with Gasteiger partial charge in [-0.15, -0.1) is 0 Å². The summed E-state index contributed by atoms with van der Waals surface area (Å²) in [5.74, 6) is 1.19. The molecule has 1 aromatic rings. The Balaban J connectivity index is 2.73. The zero-order chi connectivity index (χ0) is 10.6. The smallest absolute Gasteiger partial charge is 0.00483 e. The molecule has 1 nitrogen and oxygen atoms in total. The Hall–Kier alpha value is -0.820. The highest BCUT2D eigenvalue weighted by Gasteiger charge is 2.03. The molecule has 1 heteroatoms. The van der Waals surface area contributed by atoms with Crippen molar-refractivity contribution in [2.24, 2.45) is 11.7 Å². The van der Waals surface area contributed by atoms with Crippen LogP contribution in [0.3, 0.4) is 0 Å². The molecule has 1 rings (SSSR count). The zero-order valence-corrected chi connectivity index (χ0v) is 9.46. The molecule has 78 valence electrons. The summed E-state index contributed by atoms with van der Waals surface area (Å²) in [6.07, 6.45) is 1.09. The topological polar surface area (TPSA) is 26.0 Å². The lowest BCUT2D eigenvalue weighted by Crippen LogP contribution is -2.13. The fraction of sp³-hybridized carbons (Fsp3) is 0.538. The van der Waals surface area contributed by atoms with Crippen molar-refractivity contribution in [2.45, 2.75) is 33.1 Å². The lowest BCUT2D eigenvalue weighted by Gasteiger charge is -2.11. The summed E-state index contributed by atoms with van der Waals surface area (Å²) in [7, 11) is 0. The van der Waals surface area contributed by atoms with Crippen LogP contribution in [0.4, 0.5) is 0 Å². The van der Waals surface area contributed by atoms with Gasteiger partial charge in [0, 0.05) is 0 Å². The van der Waals surface area contributed by atoms with Gasteiger partial charge in [-0.2, -0.15) is 0 Å². The molecule has 0 spiro atoms. The molecule has 0 saturated heterocycles. The molecule has 2 N–H and O–H groups in total. The molecule has 0 fully saturated rings. The van der Waals surface area contributed by atoms with E-state index in [1.165, 1.54) is 11.1 Å². The van der Waals surface area contributed by atoms with Gasteiger partial charge in [0.25, 0.3) is 0 Å². The van der Waals surface area contributed by atoms with Crippen LogP contribution in [0, 0.1) is 5.92 Å². The Bertz CT molecular complexity index is 278. The molecule has 1 atom stereocenters. The second-order valence-corrected chi connectivity index (χ2v) is 4.44. The summed E-state index contributed by atoms with van der Waals surface area (Å²) in [5, 5.41) is 0. The predicted molar refractivity (Wildman–Crippen MR) is 62.5 cm³/mol. The maximum atomic E-state index is 5.62. The lowest BCUT2D eigenvalue weighted by molar-refractivity contribution is 0.592. The average Bonchev–Trinajstić information content (AvgIpc) is 2.18. The first-order valence-corrected chi connectivity index (χ1v) is 5.42. The largest absolute Gasteiger partial charge is 0.330 e.